The molecule has 0 aliphatic heterocycles. The second-order valence-electron chi connectivity index (χ2n) is 4.97. The number of aromatic nitrogens is 1. The predicted octanol–water partition coefficient (Wildman–Crippen LogP) is 3.82. The van der Waals surface area contributed by atoms with E-state index in [1.54, 1.807) is 0 Å². The minimum absolute atomic E-state index is 0.0202. The molecule has 0 fully saturated rings. The van der Waals surface area contributed by atoms with Crippen LogP contribution < -0.4 is 9.92 Å². The number of benzene rings is 2. The number of halogens is 6. The third-order valence-electron chi connectivity index (χ3n) is 3.44. The molecule has 2 aromatic carbocycles. The van der Waals surface area contributed by atoms with Crippen molar-refractivity contribution in [1.29, 1.82) is 0 Å². The van der Waals surface area contributed by atoms with Crippen molar-refractivity contribution in [2.75, 3.05) is 5.73 Å². The average molecular weight is 504 g/mol. The van der Waals surface area contributed by atoms with Crippen molar-refractivity contribution in [1.82, 2.24) is 4.98 Å². The van der Waals surface area contributed by atoms with Gasteiger partial charge in [0.25, 0.3) is 0 Å². The van der Waals surface area contributed by atoms with Crippen LogP contribution in [0.25, 0.3) is 10.9 Å². The number of rotatable bonds is 3. The van der Waals surface area contributed by atoms with Gasteiger partial charge >= 0.3 is 10.1 Å². The first-order valence-corrected chi connectivity index (χ1v) is 9.06. The lowest BCUT2D eigenvalue weighted by Crippen LogP contribution is -2.14. The maximum Gasteiger partial charge on any atom is 0.341 e. The quantitative estimate of drug-likeness (QED) is 0.142. The Morgan fingerprint density at radius 1 is 0.962 bits per heavy atom. The number of nitrogen functional groups attached to an aromatic ring is 1. The van der Waals surface area contributed by atoms with Gasteiger partial charge in [-0.2, -0.15) is 17.2 Å². The van der Waals surface area contributed by atoms with Crippen molar-refractivity contribution < 1.29 is 34.6 Å². The number of nitrogens with one attached hydrogen (secondary N) is 1. The van der Waals surface area contributed by atoms with Gasteiger partial charge in [-0.15, -0.1) is 0 Å². The highest BCUT2D eigenvalue weighted by Gasteiger charge is 2.32. The average Bonchev–Trinajstić information content (AvgIpc) is 3.04. The molecule has 0 spiro atoms. The lowest BCUT2D eigenvalue weighted by molar-refractivity contribution is 0.347. The molecule has 0 saturated carbocycles. The van der Waals surface area contributed by atoms with E-state index in [9.17, 15) is 30.4 Å². The van der Waals surface area contributed by atoms with Crippen LogP contribution in [0.1, 0.15) is 0 Å². The van der Waals surface area contributed by atoms with E-state index in [1.807, 2.05) is 22.6 Å². The summed E-state index contributed by atoms with van der Waals surface area (Å²) in [6.45, 7) is 0. The summed E-state index contributed by atoms with van der Waals surface area (Å²) in [7, 11) is -4.94. The third-order valence-corrected chi connectivity index (χ3v) is 5.64. The Morgan fingerprint density at radius 2 is 1.50 bits per heavy atom. The number of anilines is 1. The van der Waals surface area contributed by atoms with E-state index < -0.39 is 49.8 Å². The second kappa shape index (κ2) is 6.26. The molecule has 3 aromatic rings. The molecule has 0 atom stereocenters. The SMILES string of the molecule is Nc1c(I)ccc2c(S(=O)(=O)Oc3c(F)c(F)c(F)c(F)c3F)c[nH]c12. The summed E-state index contributed by atoms with van der Waals surface area (Å²) in [5.41, 5.74) is 6.21. The molecule has 1 heterocycles. The summed E-state index contributed by atoms with van der Waals surface area (Å²) in [6, 6.07) is 2.82. The van der Waals surface area contributed by atoms with E-state index in [0.29, 0.717) is 3.57 Å². The monoisotopic (exact) mass is 504 g/mol. The summed E-state index contributed by atoms with van der Waals surface area (Å²) < 4.78 is 96.3. The van der Waals surface area contributed by atoms with Gasteiger partial charge in [-0.3, -0.25) is 0 Å². The number of nitrogens with two attached hydrogens (primary N) is 1. The Labute approximate surface area is 156 Å². The first kappa shape index (κ1) is 18.7. The number of hydrogen-bond acceptors (Lipinski definition) is 4. The maximum atomic E-state index is 13.7. The zero-order valence-corrected chi connectivity index (χ0v) is 15.2. The van der Waals surface area contributed by atoms with Crippen LogP contribution in [-0.4, -0.2) is 13.4 Å². The molecular weight excluding hydrogens is 498 g/mol. The molecule has 5 nitrogen and oxygen atoms in total. The van der Waals surface area contributed by atoms with E-state index in [0.717, 1.165) is 6.20 Å². The lowest BCUT2D eigenvalue weighted by atomic mass is 10.2. The van der Waals surface area contributed by atoms with Crippen LogP contribution in [0, 0.1) is 32.7 Å². The Hall–Kier alpha value is -2.09. The van der Waals surface area contributed by atoms with Crippen LogP contribution in [-0.2, 0) is 10.1 Å². The Balaban J connectivity index is 2.17. The largest absolute Gasteiger partial charge is 0.396 e. The Kier molecular flexibility index (Phi) is 4.50. The van der Waals surface area contributed by atoms with Crippen LogP contribution in [0.2, 0.25) is 0 Å². The van der Waals surface area contributed by atoms with E-state index >= 15 is 0 Å². The van der Waals surface area contributed by atoms with Gasteiger partial charge < -0.3 is 14.9 Å². The third kappa shape index (κ3) is 2.76. The van der Waals surface area contributed by atoms with E-state index in [1.165, 1.54) is 12.1 Å². The minimum atomic E-state index is -4.94. The van der Waals surface area contributed by atoms with E-state index in [-0.39, 0.29) is 16.6 Å². The summed E-state index contributed by atoms with van der Waals surface area (Å²) in [5, 5.41) is 0.0202. The van der Waals surface area contributed by atoms with Gasteiger partial charge in [0.1, 0.15) is 4.90 Å². The number of aromatic amines is 1. The fraction of sp³-hybridized carbons (Fsp3) is 0. The van der Waals surface area contributed by atoms with Crippen molar-refractivity contribution in [3.8, 4) is 5.75 Å². The van der Waals surface area contributed by atoms with Crippen molar-refractivity contribution in [2.24, 2.45) is 0 Å². The van der Waals surface area contributed by atoms with Gasteiger partial charge in [-0.05, 0) is 28.7 Å². The van der Waals surface area contributed by atoms with Crippen molar-refractivity contribution in [3.63, 3.8) is 0 Å². The van der Waals surface area contributed by atoms with Crippen molar-refractivity contribution >= 4 is 49.3 Å². The van der Waals surface area contributed by atoms with Gasteiger partial charge in [0.05, 0.1) is 11.2 Å². The zero-order chi connectivity index (χ0) is 19.4. The lowest BCUT2D eigenvalue weighted by Gasteiger charge is -2.10. The molecule has 1 aromatic heterocycles. The van der Waals surface area contributed by atoms with Gasteiger partial charge in [0, 0.05) is 15.2 Å². The molecule has 3 N–H and O–H groups in total. The molecule has 0 saturated heterocycles. The van der Waals surface area contributed by atoms with Crippen molar-refractivity contribution in [2.45, 2.75) is 4.90 Å². The fourth-order valence-electron chi connectivity index (χ4n) is 2.19. The smallest absolute Gasteiger partial charge is 0.341 e. The fourth-order valence-corrected chi connectivity index (χ4v) is 3.74. The normalized spacial score (nSPS) is 11.9. The van der Waals surface area contributed by atoms with Crippen LogP contribution in [0.3, 0.4) is 0 Å². The molecule has 0 radical (unpaired) electrons. The standard InChI is InChI=1S/C14H6F5IN2O3S/c15-7-8(16)10(18)14(11(19)9(7)17)25-26(23,24)6-3-22-13-4(6)1-2-5(20)12(13)21/h1-3,22H,21H2. The van der Waals surface area contributed by atoms with Crippen LogP contribution in [0.15, 0.2) is 23.2 Å². The molecule has 3 rings (SSSR count). The molecule has 0 unspecified atom stereocenters. The predicted molar refractivity (Wildman–Crippen MR) is 89.5 cm³/mol. The molecule has 138 valence electrons. The van der Waals surface area contributed by atoms with Gasteiger partial charge in [0.15, 0.2) is 0 Å². The highest BCUT2D eigenvalue weighted by Crippen LogP contribution is 2.34. The molecule has 0 aliphatic carbocycles. The molecule has 0 amide bonds. The minimum Gasteiger partial charge on any atom is -0.396 e. The second-order valence-corrected chi connectivity index (χ2v) is 7.65. The highest BCUT2D eigenvalue weighted by molar-refractivity contribution is 14.1. The van der Waals surface area contributed by atoms with Crippen molar-refractivity contribution in [3.05, 3.63) is 51.0 Å². The Morgan fingerprint density at radius 3 is 2.08 bits per heavy atom. The molecular formula is C14H6F5IN2O3S. The zero-order valence-electron chi connectivity index (χ0n) is 12.2. The summed E-state index contributed by atoms with van der Waals surface area (Å²) in [6.07, 6.45) is 0.929. The molecule has 12 heteroatoms. The Bertz CT molecular complexity index is 1130. The molecule has 26 heavy (non-hydrogen) atoms. The number of H-pyrrole nitrogens is 1. The van der Waals surface area contributed by atoms with Crippen LogP contribution in [0.4, 0.5) is 27.6 Å². The maximum absolute atomic E-state index is 13.7. The van der Waals surface area contributed by atoms with Crippen LogP contribution >= 0.6 is 22.6 Å². The van der Waals surface area contributed by atoms with Gasteiger partial charge in [-0.1, -0.05) is 6.07 Å². The highest BCUT2D eigenvalue weighted by atomic mass is 127. The first-order valence-electron chi connectivity index (χ1n) is 6.57. The molecule has 0 bridgehead atoms. The molecule has 0 aliphatic rings. The van der Waals surface area contributed by atoms with E-state index in [4.69, 9.17) is 5.73 Å². The summed E-state index contributed by atoms with van der Waals surface area (Å²) >= 11 is 1.90. The number of fused-ring (bicyclic) bond motifs is 1. The first-order chi connectivity index (χ1) is 12.1. The van der Waals surface area contributed by atoms with E-state index in [2.05, 4.69) is 9.17 Å². The number of hydrogen-bond donors (Lipinski definition) is 2. The van der Waals surface area contributed by atoms with Gasteiger partial charge in [0.2, 0.25) is 34.8 Å². The summed E-state index contributed by atoms with van der Waals surface area (Å²) in [4.78, 5) is 1.98. The summed E-state index contributed by atoms with van der Waals surface area (Å²) in [5.74, 6) is -13.8. The topological polar surface area (TPSA) is 85.2 Å². The van der Waals surface area contributed by atoms with Gasteiger partial charge in [-0.25, -0.2) is 13.2 Å². The van der Waals surface area contributed by atoms with Crippen LogP contribution in [0.5, 0.6) is 5.75 Å².